The van der Waals surface area contributed by atoms with E-state index in [9.17, 15) is 0 Å². The SMILES string of the molecule is CCc1ccc(C(C)C)c(C(C)CN)c1. The highest BCUT2D eigenvalue weighted by Gasteiger charge is 2.12. The molecule has 0 saturated carbocycles. The Bertz CT molecular complexity index is 315. The van der Waals surface area contributed by atoms with E-state index < -0.39 is 0 Å². The summed E-state index contributed by atoms with van der Waals surface area (Å²) in [4.78, 5) is 0. The van der Waals surface area contributed by atoms with Crippen LogP contribution in [0.3, 0.4) is 0 Å². The number of aryl methyl sites for hydroxylation is 1. The van der Waals surface area contributed by atoms with Gasteiger partial charge in [-0.15, -0.1) is 0 Å². The van der Waals surface area contributed by atoms with Crippen molar-refractivity contribution in [3.8, 4) is 0 Å². The van der Waals surface area contributed by atoms with Crippen LogP contribution in [0.2, 0.25) is 0 Å². The van der Waals surface area contributed by atoms with E-state index in [2.05, 4.69) is 45.9 Å². The van der Waals surface area contributed by atoms with Crippen LogP contribution >= 0.6 is 0 Å². The van der Waals surface area contributed by atoms with E-state index in [1.807, 2.05) is 0 Å². The van der Waals surface area contributed by atoms with Gasteiger partial charge in [-0.05, 0) is 41.5 Å². The third-order valence-electron chi connectivity index (χ3n) is 3.07. The zero-order chi connectivity index (χ0) is 11.4. The topological polar surface area (TPSA) is 26.0 Å². The zero-order valence-electron chi connectivity index (χ0n) is 10.4. The molecule has 1 aromatic carbocycles. The van der Waals surface area contributed by atoms with Gasteiger partial charge in [0.2, 0.25) is 0 Å². The minimum atomic E-state index is 0.467. The molecule has 0 spiro atoms. The predicted octanol–water partition coefficient (Wildman–Crippen LogP) is 3.43. The van der Waals surface area contributed by atoms with Crippen molar-refractivity contribution in [1.29, 1.82) is 0 Å². The van der Waals surface area contributed by atoms with E-state index in [1.54, 1.807) is 0 Å². The van der Waals surface area contributed by atoms with Crippen LogP contribution in [0.4, 0.5) is 0 Å². The molecule has 0 aliphatic carbocycles. The summed E-state index contributed by atoms with van der Waals surface area (Å²) in [6.45, 7) is 9.62. The van der Waals surface area contributed by atoms with Gasteiger partial charge in [-0.25, -0.2) is 0 Å². The van der Waals surface area contributed by atoms with Crippen LogP contribution in [0.25, 0.3) is 0 Å². The molecule has 0 saturated heterocycles. The van der Waals surface area contributed by atoms with Gasteiger partial charge in [0.05, 0.1) is 0 Å². The summed E-state index contributed by atoms with van der Waals surface area (Å²) in [5, 5.41) is 0. The van der Waals surface area contributed by atoms with E-state index in [1.165, 1.54) is 16.7 Å². The van der Waals surface area contributed by atoms with Gasteiger partial charge in [-0.2, -0.15) is 0 Å². The summed E-state index contributed by atoms with van der Waals surface area (Å²) in [5.41, 5.74) is 10.1. The maximum atomic E-state index is 5.76. The molecule has 0 aliphatic heterocycles. The Hall–Kier alpha value is -0.820. The van der Waals surface area contributed by atoms with Crippen LogP contribution in [0.1, 0.15) is 56.2 Å². The average molecular weight is 205 g/mol. The number of hydrogen-bond acceptors (Lipinski definition) is 1. The summed E-state index contributed by atoms with van der Waals surface area (Å²) in [7, 11) is 0. The van der Waals surface area contributed by atoms with E-state index in [-0.39, 0.29) is 0 Å². The van der Waals surface area contributed by atoms with E-state index >= 15 is 0 Å². The van der Waals surface area contributed by atoms with Crippen molar-refractivity contribution in [2.75, 3.05) is 6.54 Å². The Labute approximate surface area is 93.7 Å². The van der Waals surface area contributed by atoms with Gasteiger partial charge in [0.25, 0.3) is 0 Å². The lowest BCUT2D eigenvalue weighted by Crippen LogP contribution is -2.12. The highest BCUT2D eigenvalue weighted by atomic mass is 14.5. The molecule has 1 atom stereocenters. The van der Waals surface area contributed by atoms with Crippen molar-refractivity contribution in [1.82, 2.24) is 0 Å². The summed E-state index contributed by atoms with van der Waals surface area (Å²) in [5.74, 6) is 1.05. The first-order chi connectivity index (χ1) is 7.10. The second kappa shape index (κ2) is 5.32. The maximum absolute atomic E-state index is 5.76. The first-order valence-electron chi connectivity index (χ1n) is 5.92. The fourth-order valence-corrected chi connectivity index (χ4v) is 1.92. The third kappa shape index (κ3) is 2.82. The summed E-state index contributed by atoms with van der Waals surface area (Å²) >= 11 is 0. The standard InChI is InChI=1S/C14H23N/c1-5-12-6-7-13(10(2)3)14(8-12)11(4)9-15/h6-8,10-11H,5,9,15H2,1-4H3. The molecule has 1 rings (SSSR count). The number of rotatable bonds is 4. The maximum Gasteiger partial charge on any atom is -0.00108 e. The zero-order valence-corrected chi connectivity index (χ0v) is 10.4. The third-order valence-corrected chi connectivity index (χ3v) is 3.07. The molecule has 0 heterocycles. The lowest BCUT2D eigenvalue weighted by Gasteiger charge is -2.18. The molecule has 2 N–H and O–H groups in total. The smallest absolute Gasteiger partial charge is 0.00108 e. The van der Waals surface area contributed by atoms with Crippen molar-refractivity contribution >= 4 is 0 Å². The number of hydrogen-bond donors (Lipinski definition) is 1. The Kier molecular flexibility index (Phi) is 4.34. The largest absolute Gasteiger partial charge is 0.330 e. The highest BCUT2D eigenvalue weighted by molar-refractivity contribution is 5.36. The van der Waals surface area contributed by atoms with Crippen LogP contribution in [0.5, 0.6) is 0 Å². The average Bonchev–Trinajstić information content (AvgIpc) is 2.26. The van der Waals surface area contributed by atoms with Crippen molar-refractivity contribution in [2.45, 2.75) is 46.0 Å². The molecule has 0 aliphatic rings. The van der Waals surface area contributed by atoms with Crippen molar-refractivity contribution in [2.24, 2.45) is 5.73 Å². The molecule has 0 aromatic heterocycles. The van der Waals surface area contributed by atoms with Gasteiger partial charge < -0.3 is 5.73 Å². The summed E-state index contributed by atoms with van der Waals surface area (Å²) in [6.07, 6.45) is 1.10. The molecule has 1 aromatic rings. The fourth-order valence-electron chi connectivity index (χ4n) is 1.92. The molecule has 84 valence electrons. The molecule has 0 amide bonds. The Balaban J connectivity index is 3.16. The van der Waals surface area contributed by atoms with E-state index in [0.29, 0.717) is 11.8 Å². The van der Waals surface area contributed by atoms with E-state index in [4.69, 9.17) is 5.73 Å². The molecule has 0 bridgehead atoms. The molecular formula is C14H23N. The Morgan fingerprint density at radius 3 is 2.27 bits per heavy atom. The lowest BCUT2D eigenvalue weighted by atomic mass is 9.88. The molecule has 1 nitrogen and oxygen atoms in total. The summed E-state index contributed by atoms with van der Waals surface area (Å²) < 4.78 is 0. The van der Waals surface area contributed by atoms with Crippen LogP contribution in [0.15, 0.2) is 18.2 Å². The van der Waals surface area contributed by atoms with E-state index in [0.717, 1.165) is 13.0 Å². The minimum Gasteiger partial charge on any atom is -0.330 e. The molecule has 1 heteroatoms. The van der Waals surface area contributed by atoms with Gasteiger partial charge in [-0.3, -0.25) is 0 Å². The normalized spacial score (nSPS) is 13.2. The Morgan fingerprint density at radius 1 is 1.13 bits per heavy atom. The molecule has 0 radical (unpaired) electrons. The molecule has 15 heavy (non-hydrogen) atoms. The van der Waals surface area contributed by atoms with Gasteiger partial charge in [0, 0.05) is 0 Å². The van der Waals surface area contributed by atoms with Crippen molar-refractivity contribution in [3.05, 3.63) is 34.9 Å². The van der Waals surface area contributed by atoms with Gasteiger partial charge in [-0.1, -0.05) is 45.9 Å². The number of benzene rings is 1. The highest BCUT2D eigenvalue weighted by Crippen LogP contribution is 2.27. The Morgan fingerprint density at radius 2 is 1.80 bits per heavy atom. The molecular weight excluding hydrogens is 182 g/mol. The monoisotopic (exact) mass is 205 g/mol. The first kappa shape index (κ1) is 12.3. The van der Waals surface area contributed by atoms with Crippen LogP contribution in [-0.4, -0.2) is 6.54 Å². The van der Waals surface area contributed by atoms with Crippen LogP contribution in [-0.2, 0) is 6.42 Å². The van der Waals surface area contributed by atoms with Gasteiger partial charge in [0.15, 0.2) is 0 Å². The fraction of sp³-hybridized carbons (Fsp3) is 0.571. The predicted molar refractivity (Wildman–Crippen MR) is 67.4 cm³/mol. The van der Waals surface area contributed by atoms with Crippen LogP contribution < -0.4 is 5.73 Å². The first-order valence-corrected chi connectivity index (χ1v) is 5.92. The van der Waals surface area contributed by atoms with Crippen molar-refractivity contribution < 1.29 is 0 Å². The van der Waals surface area contributed by atoms with Gasteiger partial charge >= 0.3 is 0 Å². The van der Waals surface area contributed by atoms with Crippen molar-refractivity contribution in [3.63, 3.8) is 0 Å². The minimum absolute atomic E-state index is 0.467. The molecule has 1 unspecified atom stereocenters. The summed E-state index contributed by atoms with van der Waals surface area (Å²) in [6, 6.07) is 6.83. The number of nitrogens with two attached hydrogens (primary N) is 1. The quantitative estimate of drug-likeness (QED) is 0.800. The van der Waals surface area contributed by atoms with Gasteiger partial charge in [0.1, 0.15) is 0 Å². The molecule has 0 fully saturated rings. The second-order valence-electron chi connectivity index (χ2n) is 4.61. The van der Waals surface area contributed by atoms with Crippen LogP contribution in [0, 0.1) is 0 Å². The lowest BCUT2D eigenvalue weighted by molar-refractivity contribution is 0.737. The second-order valence-corrected chi connectivity index (χ2v) is 4.61.